The third-order valence-corrected chi connectivity index (χ3v) is 5.17. The lowest BCUT2D eigenvalue weighted by Crippen LogP contribution is -2.38. The summed E-state index contributed by atoms with van der Waals surface area (Å²) in [7, 11) is -3.50. The second-order valence-electron chi connectivity index (χ2n) is 5.89. The van der Waals surface area contributed by atoms with E-state index < -0.39 is 10.0 Å². The molecule has 0 fully saturated rings. The Morgan fingerprint density at radius 3 is 2.36 bits per heavy atom. The highest BCUT2D eigenvalue weighted by molar-refractivity contribution is 7.92. The van der Waals surface area contributed by atoms with Crippen molar-refractivity contribution in [1.82, 2.24) is 5.32 Å². The maximum atomic E-state index is 12.1. The van der Waals surface area contributed by atoms with Crippen molar-refractivity contribution in [2.45, 2.75) is 13.8 Å². The number of anilines is 1. The maximum absolute atomic E-state index is 12.1. The lowest BCUT2D eigenvalue weighted by Gasteiger charge is -2.24. The number of rotatable bonds is 6. The fourth-order valence-electron chi connectivity index (χ4n) is 2.39. The highest BCUT2D eigenvalue weighted by Gasteiger charge is 2.19. The van der Waals surface area contributed by atoms with E-state index in [2.05, 4.69) is 5.32 Å². The molecule has 0 spiro atoms. The molecule has 0 heterocycles. The van der Waals surface area contributed by atoms with E-state index in [-0.39, 0.29) is 19.0 Å². The van der Waals surface area contributed by atoms with Crippen molar-refractivity contribution in [3.8, 4) is 0 Å². The van der Waals surface area contributed by atoms with Gasteiger partial charge in [0, 0.05) is 17.1 Å². The summed E-state index contributed by atoms with van der Waals surface area (Å²) < 4.78 is 25.6. The van der Waals surface area contributed by atoms with Gasteiger partial charge in [0.2, 0.25) is 10.0 Å². The first-order chi connectivity index (χ1) is 11.7. The van der Waals surface area contributed by atoms with E-state index in [1.165, 1.54) is 4.31 Å². The van der Waals surface area contributed by atoms with Crippen LogP contribution < -0.4 is 9.62 Å². The number of halogens is 1. The molecule has 5 nitrogen and oxygen atoms in total. The quantitative estimate of drug-likeness (QED) is 0.837. The number of hydrogen-bond donors (Lipinski definition) is 1. The smallest absolute Gasteiger partial charge is 0.251 e. The molecule has 0 aliphatic rings. The van der Waals surface area contributed by atoms with Crippen molar-refractivity contribution in [3.63, 3.8) is 0 Å². The molecule has 0 radical (unpaired) electrons. The minimum atomic E-state index is -3.50. The Labute approximate surface area is 153 Å². The van der Waals surface area contributed by atoms with Crippen LogP contribution in [0.1, 0.15) is 21.5 Å². The molecular formula is C18H21ClN2O3S. The van der Waals surface area contributed by atoms with Crippen LogP contribution in [-0.4, -0.2) is 33.7 Å². The van der Waals surface area contributed by atoms with Crippen molar-refractivity contribution in [2.24, 2.45) is 0 Å². The van der Waals surface area contributed by atoms with Gasteiger partial charge in [0.25, 0.3) is 5.91 Å². The molecule has 0 aliphatic heterocycles. The Morgan fingerprint density at radius 1 is 1.12 bits per heavy atom. The van der Waals surface area contributed by atoms with Gasteiger partial charge in [-0.1, -0.05) is 35.4 Å². The zero-order chi connectivity index (χ0) is 18.6. The van der Waals surface area contributed by atoms with Crippen LogP contribution in [0.5, 0.6) is 0 Å². The molecule has 0 saturated carbocycles. The number of sulfonamides is 1. The summed E-state index contributed by atoms with van der Waals surface area (Å²) in [4.78, 5) is 12.1. The second-order valence-corrected chi connectivity index (χ2v) is 8.23. The third kappa shape index (κ3) is 5.21. The third-order valence-electron chi connectivity index (χ3n) is 3.75. The standard InChI is InChI=1S/C18H21ClN2O3S/c1-13-4-7-15(8-5-13)18(22)20-10-11-21(25(3,23)24)17-12-16(19)9-6-14(17)2/h4-9,12H,10-11H2,1-3H3,(H,20,22). The van der Waals surface area contributed by atoms with Crippen molar-refractivity contribution >= 4 is 33.2 Å². The van der Waals surface area contributed by atoms with Crippen LogP contribution in [0, 0.1) is 13.8 Å². The van der Waals surface area contributed by atoms with Crippen molar-refractivity contribution in [3.05, 3.63) is 64.2 Å². The molecular weight excluding hydrogens is 360 g/mol. The Hall–Kier alpha value is -2.05. The summed E-state index contributed by atoms with van der Waals surface area (Å²) >= 11 is 6.00. The zero-order valence-electron chi connectivity index (χ0n) is 14.4. The molecule has 0 bridgehead atoms. The lowest BCUT2D eigenvalue weighted by molar-refractivity contribution is 0.0955. The summed E-state index contributed by atoms with van der Waals surface area (Å²) in [6, 6.07) is 12.3. The molecule has 0 aromatic heterocycles. The number of nitrogens with one attached hydrogen (secondary N) is 1. The van der Waals surface area contributed by atoms with Gasteiger partial charge in [0.05, 0.1) is 18.5 Å². The van der Waals surface area contributed by atoms with Crippen LogP contribution in [0.3, 0.4) is 0 Å². The number of benzene rings is 2. The molecule has 0 saturated heterocycles. The van der Waals surface area contributed by atoms with Gasteiger partial charge in [0.1, 0.15) is 0 Å². The van der Waals surface area contributed by atoms with Gasteiger partial charge >= 0.3 is 0 Å². The summed E-state index contributed by atoms with van der Waals surface area (Å²) in [5.74, 6) is -0.240. The van der Waals surface area contributed by atoms with Gasteiger partial charge in [-0.2, -0.15) is 0 Å². The van der Waals surface area contributed by atoms with E-state index in [9.17, 15) is 13.2 Å². The van der Waals surface area contributed by atoms with Crippen LogP contribution in [0.15, 0.2) is 42.5 Å². The predicted octanol–water partition coefficient (Wildman–Crippen LogP) is 3.15. The molecule has 0 atom stereocenters. The SMILES string of the molecule is Cc1ccc(C(=O)NCCN(c2cc(Cl)ccc2C)S(C)(=O)=O)cc1. The molecule has 1 amide bonds. The first-order valence-corrected chi connectivity index (χ1v) is 10.00. The van der Waals surface area contributed by atoms with Crippen molar-refractivity contribution in [1.29, 1.82) is 0 Å². The number of amides is 1. The minimum absolute atomic E-state index is 0.123. The summed E-state index contributed by atoms with van der Waals surface area (Å²) in [5, 5.41) is 3.20. The van der Waals surface area contributed by atoms with Crippen LogP contribution in [0.2, 0.25) is 5.02 Å². The number of hydrogen-bond acceptors (Lipinski definition) is 3. The van der Waals surface area contributed by atoms with Crippen molar-refractivity contribution < 1.29 is 13.2 Å². The Bertz CT molecular complexity index is 864. The van der Waals surface area contributed by atoms with E-state index in [0.717, 1.165) is 17.4 Å². The second kappa shape index (κ2) is 7.89. The van der Waals surface area contributed by atoms with E-state index in [4.69, 9.17) is 11.6 Å². The predicted molar refractivity (Wildman–Crippen MR) is 102 cm³/mol. The van der Waals surface area contributed by atoms with Gasteiger partial charge in [-0.3, -0.25) is 9.10 Å². The van der Waals surface area contributed by atoms with E-state index >= 15 is 0 Å². The summed E-state index contributed by atoms with van der Waals surface area (Å²) in [5.41, 5.74) is 2.91. The monoisotopic (exact) mass is 380 g/mol. The molecule has 2 aromatic carbocycles. The van der Waals surface area contributed by atoms with Gasteiger partial charge in [0.15, 0.2) is 0 Å². The van der Waals surface area contributed by atoms with E-state index in [0.29, 0.717) is 16.3 Å². The minimum Gasteiger partial charge on any atom is -0.350 e. The number of carbonyl (C=O) groups is 1. The maximum Gasteiger partial charge on any atom is 0.251 e. The van der Waals surface area contributed by atoms with Gasteiger partial charge < -0.3 is 5.32 Å². The molecule has 2 aromatic rings. The molecule has 7 heteroatoms. The van der Waals surface area contributed by atoms with Gasteiger partial charge in [-0.05, 0) is 43.7 Å². The average molecular weight is 381 g/mol. The largest absolute Gasteiger partial charge is 0.350 e. The Kier molecular flexibility index (Phi) is 6.08. The lowest BCUT2D eigenvalue weighted by atomic mass is 10.1. The van der Waals surface area contributed by atoms with Gasteiger partial charge in [-0.15, -0.1) is 0 Å². The Balaban J connectivity index is 2.10. The van der Waals surface area contributed by atoms with E-state index in [1.807, 2.05) is 26.0 Å². The van der Waals surface area contributed by atoms with Crippen LogP contribution in [0.4, 0.5) is 5.69 Å². The first kappa shape index (κ1) is 19.3. The summed E-state index contributed by atoms with van der Waals surface area (Å²) in [6.45, 7) is 4.07. The highest BCUT2D eigenvalue weighted by atomic mass is 35.5. The number of aryl methyl sites for hydroxylation is 2. The van der Waals surface area contributed by atoms with Crippen LogP contribution in [0.25, 0.3) is 0 Å². The van der Waals surface area contributed by atoms with Crippen molar-refractivity contribution in [2.75, 3.05) is 23.7 Å². The first-order valence-electron chi connectivity index (χ1n) is 7.77. The molecule has 1 N–H and O–H groups in total. The topological polar surface area (TPSA) is 66.5 Å². The molecule has 2 rings (SSSR count). The van der Waals surface area contributed by atoms with E-state index in [1.54, 1.807) is 30.3 Å². The normalized spacial score (nSPS) is 11.2. The zero-order valence-corrected chi connectivity index (χ0v) is 16.0. The number of nitrogens with zero attached hydrogens (tertiary/aromatic N) is 1. The molecule has 134 valence electrons. The van der Waals surface area contributed by atoms with Crippen LogP contribution in [-0.2, 0) is 10.0 Å². The highest BCUT2D eigenvalue weighted by Crippen LogP contribution is 2.25. The average Bonchev–Trinajstić information content (AvgIpc) is 2.53. The number of carbonyl (C=O) groups excluding carboxylic acids is 1. The molecule has 0 aliphatic carbocycles. The molecule has 25 heavy (non-hydrogen) atoms. The van der Waals surface area contributed by atoms with Gasteiger partial charge in [-0.25, -0.2) is 8.42 Å². The Morgan fingerprint density at radius 2 is 1.76 bits per heavy atom. The summed E-state index contributed by atoms with van der Waals surface area (Å²) in [6.07, 6.45) is 1.13. The molecule has 0 unspecified atom stereocenters. The van der Waals surface area contributed by atoms with Crippen LogP contribution >= 0.6 is 11.6 Å². The fraction of sp³-hybridized carbons (Fsp3) is 0.278. The fourth-order valence-corrected chi connectivity index (χ4v) is 3.54.